The van der Waals surface area contributed by atoms with Crippen LogP contribution in [-0.4, -0.2) is 42.5 Å². The second kappa shape index (κ2) is 9.91. The number of aryl methyl sites for hydroxylation is 1. The summed E-state index contributed by atoms with van der Waals surface area (Å²) in [5.74, 6) is 0.727. The summed E-state index contributed by atoms with van der Waals surface area (Å²) in [4.78, 5) is 15.4. The summed E-state index contributed by atoms with van der Waals surface area (Å²) >= 11 is 6.38. The van der Waals surface area contributed by atoms with Crippen LogP contribution in [0.5, 0.6) is 5.75 Å². The first-order valence-corrected chi connectivity index (χ1v) is 14.2. The Balaban J connectivity index is 1.55. The standard InChI is InChI=1S/C32H40ClNO4/c1-6-28(35)31(5)15-13-23(31)18-34-19-32(14-7-8-21-16-24(33)10-11-25(21)32)20-37-27-12-9-22(17-26(27)34)29(36)38-30(2,3)4/h6,9-12,16-17,23,28,35H,1,7-8,13-15,18-20H2,2-5H3/t23-,28-,31+,32?/m0/s1. The molecular weight excluding hydrogens is 498 g/mol. The fourth-order valence-electron chi connectivity index (χ4n) is 6.61. The van der Waals surface area contributed by atoms with Crippen LogP contribution in [0.4, 0.5) is 5.69 Å². The maximum atomic E-state index is 13.0. The first kappa shape index (κ1) is 27.1. The fraction of sp³-hybridized carbons (Fsp3) is 0.531. The highest BCUT2D eigenvalue weighted by atomic mass is 35.5. The number of aliphatic hydroxyl groups is 1. The van der Waals surface area contributed by atoms with Gasteiger partial charge in [0, 0.05) is 28.9 Å². The second-order valence-electron chi connectivity index (χ2n) is 12.7. The van der Waals surface area contributed by atoms with Gasteiger partial charge >= 0.3 is 5.97 Å². The number of aliphatic hydroxyl groups excluding tert-OH is 1. The molecule has 1 heterocycles. The van der Waals surface area contributed by atoms with Crippen LogP contribution < -0.4 is 9.64 Å². The molecule has 2 aromatic rings. The summed E-state index contributed by atoms with van der Waals surface area (Å²) in [5, 5.41) is 11.5. The molecule has 4 atom stereocenters. The Morgan fingerprint density at radius 3 is 2.76 bits per heavy atom. The predicted octanol–water partition coefficient (Wildman–Crippen LogP) is 6.73. The Kier molecular flexibility index (Phi) is 7.06. The van der Waals surface area contributed by atoms with Crippen LogP contribution in [0.25, 0.3) is 0 Å². The van der Waals surface area contributed by atoms with Gasteiger partial charge in [0.15, 0.2) is 0 Å². The summed E-state index contributed by atoms with van der Waals surface area (Å²) < 4.78 is 12.2. The Morgan fingerprint density at radius 2 is 2.08 bits per heavy atom. The quantitative estimate of drug-likeness (QED) is 0.338. The van der Waals surface area contributed by atoms with E-state index < -0.39 is 11.7 Å². The van der Waals surface area contributed by atoms with E-state index in [-0.39, 0.29) is 22.7 Å². The molecule has 0 aromatic heterocycles. The van der Waals surface area contributed by atoms with Crippen LogP contribution in [-0.2, 0) is 16.6 Å². The number of carbonyl (C=O) groups excluding carboxylic acids is 1. The molecule has 5 nitrogen and oxygen atoms in total. The summed E-state index contributed by atoms with van der Waals surface area (Å²) in [7, 11) is 0. The third kappa shape index (κ3) is 4.96. The fourth-order valence-corrected chi connectivity index (χ4v) is 6.80. The molecule has 1 spiro atoms. The van der Waals surface area contributed by atoms with Crippen LogP contribution in [0.2, 0.25) is 5.02 Å². The van der Waals surface area contributed by atoms with E-state index >= 15 is 0 Å². The van der Waals surface area contributed by atoms with Gasteiger partial charge in [-0.1, -0.05) is 30.7 Å². The van der Waals surface area contributed by atoms with Gasteiger partial charge in [-0.3, -0.25) is 0 Å². The molecule has 1 aliphatic heterocycles. The van der Waals surface area contributed by atoms with Crippen molar-refractivity contribution in [2.24, 2.45) is 11.3 Å². The van der Waals surface area contributed by atoms with Crippen LogP contribution in [0, 0.1) is 11.3 Å². The topological polar surface area (TPSA) is 59.0 Å². The average molecular weight is 538 g/mol. The van der Waals surface area contributed by atoms with Crippen molar-refractivity contribution >= 4 is 23.3 Å². The lowest BCUT2D eigenvalue weighted by atomic mass is 9.58. The largest absolute Gasteiger partial charge is 0.490 e. The van der Waals surface area contributed by atoms with E-state index in [9.17, 15) is 9.90 Å². The number of anilines is 1. The first-order chi connectivity index (χ1) is 17.9. The molecule has 0 radical (unpaired) electrons. The smallest absolute Gasteiger partial charge is 0.338 e. The lowest BCUT2D eigenvalue weighted by Gasteiger charge is -2.52. The van der Waals surface area contributed by atoms with Gasteiger partial charge in [-0.2, -0.15) is 0 Å². The first-order valence-electron chi connectivity index (χ1n) is 13.8. The van der Waals surface area contributed by atoms with Gasteiger partial charge in [0.1, 0.15) is 11.4 Å². The van der Waals surface area contributed by atoms with E-state index in [1.807, 2.05) is 39.0 Å². The van der Waals surface area contributed by atoms with E-state index in [0.29, 0.717) is 12.2 Å². The van der Waals surface area contributed by atoms with Crippen LogP contribution in [0.1, 0.15) is 74.9 Å². The molecule has 0 amide bonds. The number of benzene rings is 2. The van der Waals surface area contributed by atoms with Crippen molar-refractivity contribution in [1.82, 2.24) is 0 Å². The molecule has 38 heavy (non-hydrogen) atoms. The van der Waals surface area contributed by atoms with Gasteiger partial charge in [-0.15, -0.1) is 6.58 Å². The molecule has 0 saturated heterocycles. The zero-order valence-corrected chi connectivity index (χ0v) is 23.8. The number of rotatable bonds is 5. The van der Waals surface area contributed by atoms with E-state index in [2.05, 4.69) is 30.5 Å². The lowest BCUT2D eigenvalue weighted by Crippen LogP contribution is -2.53. The van der Waals surface area contributed by atoms with Crippen LogP contribution >= 0.6 is 11.6 Å². The van der Waals surface area contributed by atoms with E-state index in [1.54, 1.807) is 12.1 Å². The third-order valence-corrected chi connectivity index (χ3v) is 9.21. The lowest BCUT2D eigenvalue weighted by molar-refractivity contribution is -0.0466. The third-order valence-electron chi connectivity index (χ3n) is 8.98. The van der Waals surface area contributed by atoms with Crippen molar-refractivity contribution in [3.63, 3.8) is 0 Å². The van der Waals surface area contributed by atoms with Gasteiger partial charge in [0.05, 0.1) is 24.0 Å². The number of carbonyl (C=O) groups is 1. The normalized spacial score (nSPS) is 27.3. The molecule has 204 valence electrons. The molecule has 1 saturated carbocycles. The number of nitrogens with zero attached hydrogens (tertiary/aromatic N) is 1. The van der Waals surface area contributed by atoms with Crippen molar-refractivity contribution in [3.05, 3.63) is 70.8 Å². The van der Waals surface area contributed by atoms with Gasteiger partial charge in [0.2, 0.25) is 0 Å². The molecule has 1 N–H and O–H groups in total. The van der Waals surface area contributed by atoms with Crippen molar-refractivity contribution in [2.75, 3.05) is 24.6 Å². The molecule has 2 aromatic carbocycles. The van der Waals surface area contributed by atoms with Gasteiger partial charge in [-0.25, -0.2) is 4.79 Å². The highest BCUT2D eigenvalue weighted by molar-refractivity contribution is 6.30. The van der Waals surface area contributed by atoms with E-state index in [4.69, 9.17) is 21.1 Å². The minimum absolute atomic E-state index is 0.194. The highest BCUT2D eigenvalue weighted by Crippen LogP contribution is 2.52. The van der Waals surface area contributed by atoms with Crippen molar-refractivity contribution < 1.29 is 19.4 Å². The number of ether oxygens (including phenoxy) is 2. The molecule has 2 aliphatic carbocycles. The van der Waals surface area contributed by atoms with Crippen molar-refractivity contribution in [2.45, 2.75) is 76.9 Å². The zero-order chi connectivity index (χ0) is 27.3. The van der Waals surface area contributed by atoms with E-state index in [0.717, 1.165) is 61.7 Å². The minimum Gasteiger partial charge on any atom is -0.490 e. The van der Waals surface area contributed by atoms with Crippen molar-refractivity contribution in [3.8, 4) is 5.75 Å². The molecule has 1 fully saturated rings. The predicted molar refractivity (Wildman–Crippen MR) is 152 cm³/mol. The average Bonchev–Trinajstić information content (AvgIpc) is 3.01. The van der Waals surface area contributed by atoms with Gasteiger partial charge in [0.25, 0.3) is 0 Å². The van der Waals surface area contributed by atoms with Gasteiger partial charge in [-0.05, 0) is 100 Å². The molecule has 1 unspecified atom stereocenters. The Hall–Kier alpha value is -2.50. The molecular formula is C32H40ClNO4. The maximum Gasteiger partial charge on any atom is 0.338 e. The second-order valence-corrected chi connectivity index (χ2v) is 13.1. The number of hydrogen-bond donors (Lipinski definition) is 1. The SMILES string of the molecule is C=C[C@H](O)[C@]1(C)CC[C@H]1CN1CC2(CCCc3cc(Cl)ccc32)COc2ccc(C(=O)OC(C)(C)C)cc21. The summed E-state index contributed by atoms with van der Waals surface area (Å²) in [5.41, 5.74) is 3.04. The summed E-state index contributed by atoms with van der Waals surface area (Å²) in [6.45, 7) is 13.7. The highest BCUT2D eigenvalue weighted by Gasteiger charge is 2.49. The minimum atomic E-state index is -0.578. The number of esters is 1. The summed E-state index contributed by atoms with van der Waals surface area (Å²) in [6, 6.07) is 11.9. The Morgan fingerprint density at radius 1 is 1.29 bits per heavy atom. The monoisotopic (exact) mass is 537 g/mol. The number of fused-ring (bicyclic) bond motifs is 3. The van der Waals surface area contributed by atoms with E-state index in [1.165, 1.54) is 11.1 Å². The van der Waals surface area contributed by atoms with Crippen molar-refractivity contribution in [1.29, 1.82) is 0 Å². The Bertz CT molecular complexity index is 1240. The van der Waals surface area contributed by atoms with Gasteiger partial charge < -0.3 is 19.5 Å². The molecule has 5 rings (SSSR count). The van der Waals surface area contributed by atoms with Crippen LogP contribution in [0.15, 0.2) is 49.1 Å². The number of hydrogen-bond acceptors (Lipinski definition) is 5. The molecule has 3 aliphatic rings. The summed E-state index contributed by atoms with van der Waals surface area (Å²) in [6.07, 6.45) is 6.21. The van der Waals surface area contributed by atoms with Crippen LogP contribution in [0.3, 0.4) is 0 Å². The Labute approximate surface area is 231 Å². The zero-order valence-electron chi connectivity index (χ0n) is 23.1. The number of halogens is 1. The molecule has 6 heteroatoms. The molecule has 0 bridgehead atoms. The maximum absolute atomic E-state index is 13.0.